The molecule has 0 radical (unpaired) electrons. The second kappa shape index (κ2) is 6.34. The molecule has 9 heteroatoms. The lowest BCUT2D eigenvalue weighted by molar-refractivity contribution is -0.133. The number of carbonyl (C=O) groups is 2. The maximum atomic E-state index is 12.6. The molecule has 0 aliphatic carbocycles. The van der Waals surface area contributed by atoms with Gasteiger partial charge in [-0.1, -0.05) is 18.2 Å². The Morgan fingerprint density at radius 1 is 1.08 bits per heavy atom. The number of fused-ring (bicyclic) bond motifs is 1. The van der Waals surface area contributed by atoms with Crippen LogP contribution in [0.2, 0.25) is 0 Å². The lowest BCUT2D eigenvalue weighted by atomic mass is 10.2. The summed E-state index contributed by atoms with van der Waals surface area (Å²) < 4.78 is 7.01. The lowest BCUT2D eigenvalue weighted by Crippen LogP contribution is -2.51. The van der Waals surface area contributed by atoms with Gasteiger partial charge in [0.2, 0.25) is 5.91 Å². The van der Waals surface area contributed by atoms with Crippen LogP contribution >= 0.6 is 0 Å². The van der Waals surface area contributed by atoms with E-state index < -0.39 is 0 Å². The van der Waals surface area contributed by atoms with Crippen LogP contribution in [0.4, 0.5) is 0 Å². The summed E-state index contributed by atoms with van der Waals surface area (Å²) in [6, 6.07) is 9.27. The number of aromatic nitrogens is 4. The molecule has 0 saturated carbocycles. The molecule has 1 saturated heterocycles. The number of amides is 2. The van der Waals surface area contributed by atoms with E-state index in [0.717, 1.165) is 5.39 Å². The molecule has 3 heterocycles. The third-order valence-corrected chi connectivity index (χ3v) is 4.24. The number of benzene rings is 1. The molecule has 0 N–H and O–H groups in total. The minimum absolute atomic E-state index is 0.0665. The van der Waals surface area contributed by atoms with Crippen molar-refractivity contribution in [3.63, 3.8) is 0 Å². The van der Waals surface area contributed by atoms with Crippen molar-refractivity contribution < 1.29 is 14.0 Å². The van der Waals surface area contributed by atoms with Crippen LogP contribution in [0.5, 0.6) is 0 Å². The summed E-state index contributed by atoms with van der Waals surface area (Å²) in [5.74, 6) is 0.113. The van der Waals surface area contributed by atoms with Crippen LogP contribution in [0.25, 0.3) is 11.0 Å². The smallest absolute Gasteiger partial charge is 0.289 e. The Labute approximate surface area is 142 Å². The Morgan fingerprint density at radius 3 is 2.56 bits per heavy atom. The number of hydrogen-bond acceptors (Lipinski definition) is 6. The summed E-state index contributed by atoms with van der Waals surface area (Å²) in [5, 5.41) is 11.6. The molecule has 0 unspecified atom stereocenters. The second-order valence-electron chi connectivity index (χ2n) is 5.83. The van der Waals surface area contributed by atoms with Crippen molar-refractivity contribution in [2.75, 3.05) is 26.2 Å². The first-order chi connectivity index (χ1) is 12.2. The highest BCUT2D eigenvalue weighted by Crippen LogP contribution is 2.20. The lowest BCUT2D eigenvalue weighted by Gasteiger charge is -2.34. The average molecular weight is 340 g/mol. The zero-order valence-electron chi connectivity index (χ0n) is 13.4. The number of hydrogen-bond donors (Lipinski definition) is 0. The summed E-state index contributed by atoms with van der Waals surface area (Å²) in [6.07, 6.45) is 1.40. The molecule has 9 nitrogen and oxygen atoms in total. The molecule has 0 atom stereocenters. The first kappa shape index (κ1) is 15.3. The van der Waals surface area contributed by atoms with Crippen LogP contribution in [-0.4, -0.2) is 68.0 Å². The highest BCUT2D eigenvalue weighted by Gasteiger charge is 2.26. The molecule has 0 bridgehead atoms. The SMILES string of the molecule is O=C(Cn1cnnn1)N1CCN(C(=O)c2cc3ccccc3o2)CC1. The largest absolute Gasteiger partial charge is 0.451 e. The first-order valence-corrected chi connectivity index (χ1v) is 7.97. The molecular formula is C16H16N6O3. The fourth-order valence-electron chi connectivity index (χ4n) is 2.89. The fourth-order valence-corrected chi connectivity index (χ4v) is 2.89. The van der Waals surface area contributed by atoms with E-state index in [9.17, 15) is 9.59 Å². The Balaban J connectivity index is 1.37. The van der Waals surface area contributed by atoms with Crippen LogP contribution < -0.4 is 0 Å². The van der Waals surface area contributed by atoms with Gasteiger partial charge in [-0.05, 0) is 22.6 Å². The van der Waals surface area contributed by atoms with Gasteiger partial charge in [-0.25, -0.2) is 4.68 Å². The minimum Gasteiger partial charge on any atom is -0.451 e. The van der Waals surface area contributed by atoms with Gasteiger partial charge in [0.15, 0.2) is 5.76 Å². The number of piperazine rings is 1. The van der Waals surface area contributed by atoms with Crippen LogP contribution in [0.3, 0.4) is 0 Å². The molecule has 3 aromatic rings. The van der Waals surface area contributed by atoms with E-state index in [0.29, 0.717) is 37.5 Å². The van der Waals surface area contributed by atoms with Crippen LogP contribution in [-0.2, 0) is 11.3 Å². The van der Waals surface area contributed by atoms with Gasteiger partial charge in [0.1, 0.15) is 18.5 Å². The van der Waals surface area contributed by atoms with Crippen molar-refractivity contribution in [1.29, 1.82) is 0 Å². The second-order valence-corrected chi connectivity index (χ2v) is 5.83. The van der Waals surface area contributed by atoms with E-state index >= 15 is 0 Å². The van der Waals surface area contributed by atoms with E-state index in [1.807, 2.05) is 24.3 Å². The molecule has 1 aromatic carbocycles. The number of nitrogens with zero attached hydrogens (tertiary/aromatic N) is 6. The van der Waals surface area contributed by atoms with Crippen molar-refractivity contribution in [2.24, 2.45) is 0 Å². The summed E-state index contributed by atoms with van der Waals surface area (Å²) in [5.41, 5.74) is 0.695. The number of para-hydroxylation sites is 1. The summed E-state index contributed by atoms with van der Waals surface area (Å²) in [4.78, 5) is 28.2. The number of carbonyl (C=O) groups excluding carboxylic acids is 2. The first-order valence-electron chi connectivity index (χ1n) is 7.97. The van der Waals surface area contributed by atoms with Crippen LogP contribution in [0.1, 0.15) is 10.6 Å². The van der Waals surface area contributed by atoms with Gasteiger partial charge in [0.05, 0.1) is 0 Å². The number of rotatable bonds is 3. The van der Waals surface area contributed by atoms with Crippen LogP contribution in [0, 0.1) is 0 Å². The van der Waals surface area contributed by atoms with Gasteiger partial charge in [-0.3, -0.25) is 9.59 Å². The van der Waals surface area contributed by atoms with Gasteiger partial charge in [-0.15, -0.1) is 5.10 Å². The maximum Gasteiger partial charge on any atom is 0.289 e. The Kier molecular flexibility index (Phi) is 3.88. The van der Waals surface area contributed by atoms with Crippen molar-refractivity contribution in [3.05, 3.63) is 42.4 Å². The average Bonchev–Trinajstić information content (AvgIpc) is 3.30. The molecule has 2 aromatic heterocycles. The maximum absolute atomic E-state index is 12.6. The van der Waals surface area contributed by atoms with Crippen molar-refractivity contribution in [3.8, 4) is 0 Å². The molecular weight excluding hydrogens is 324 g/mol. The Hall–Kier alpha value is -3.23. The quantitative estimate of drug-likeness (QED) is 0.685. The zero-order valence-corrected chi connectivity index (χ0v) is 13.4. The molecule has 1 fully saturated rings. The van der Waals surface area contributed by atoms with E-state index in [4.69, 9.17) is 4.42 Å². The monoisotopic (exact) mass is 340 g/mol. The predicted molar refractivity (Wildman–Crippen MR) is 86.5 cm³/mol. The predicted octanol–water partition coefficient (Wildman–Crippen LogP) is 0.404. The molecule has 2 amide bonds. The molecule has 4 rings (SSSR count). The van der Waals surface area contributed by atoms with E-state index in [1.165, 1.54) is 11.0 Å². The van der Waals surface area contributed by atoms with Gasteiger partial charge in [-0.2, -0.15) is 0 Å². The standard InChI is InChI=1S/C16H16N6O3/c23-15(10-22-11-17-18-19-22)20-5-7-21(8-6-20)16(24)14-9-12-3-1-2-4-13(12)25-14/h1-4,9,11H,5-8,10H2. The summed E-state index contributed by atoms with van der Waals surface area (Å²) in [6.45, 7) is 2.00. The minimum atomic E-state index is -0.149. The number of tetrazole rings is 1. The topological polar surface area (TPSA) is 97.4 Å². The Bertz CT molecular complexity index is 863. The van der Waals surface area contributed by atoms with E-state index in [1.54, 1.807) is 15.9 Å². The third-order valence-electron chi connectivity index (χ3n) is 4.24. The molecule has 1 aliphatic rings. The van der Waals surface area contributed by atoms with E-state index in [2.05, 4.69) is 15.5 Å². The normalized spacial score (nSPS) is 14.9. The summed E-state index contributed by atoms with van der Waals surface area (Å²) in [7, 11) is 0. The zero-order chi connectivity index (χ0) is 17.2. The van der Waals surface area contributed by atoms with Gasteiger partial charge >= 0.3 is 0 Å². The van der Waals surface area contributed by atoms with Gasteiger partial charge < -0.3 is 14.2 Å². The molecule has 25 heavy (non-hydrogen) atoms. The van der Waals surface area contributed by atoms with Crippen molar-refractivity contribution >= 4 is 22.8 Å². The number of furan rings is 1. The van der Waals surface area contributed by atoms with Crippen molar-refractivity contribution in [2.45, 2.75) is 6.54 Å². The highest BCUT2D eigenvalue weighted by atomic mass is 16.3. The Morgan fingerprint density at radius 2 is 1.84 bits per heavy atom. The highest BCUT2D eigenvalue weighted by molar-refractivity contribution is 5.96. The van der Waals surface area contributed by atoms with Crippen molar-refractivity contribution in [1.82, 2.24) is 30.0 Å². The van der Waals surface area contributed by atoms with Crippen LogP contribution in [0.15, 0.2) is 41.1 Å². The van der Waals surface area contributed by atoms with Gasteiger partial charge in [0.25, 0.3) is 5.91 Å². The third kappa shape index (κ3) is 3.08. The fraction of sp³-hybridized carbons (Fsp3) is 0.312. The van der Waals surface area contributed by atoms with E-state index in [-0.39, 0.29) is 18.4 Å². The van der Waals surface area contributed by atoms with Gasteiger partial charge in [0, 0.05) is 31.6 Å². The molecule has 128 valence electrons. The molecule has 0 spiro atoms. The summed E-state index contributed by atoms with van der Waals surface area (Å²) >= 11 is 0. The molecule has 1 aliphatic heterocycles.